The molecule has 12 heteroatoms. The number of aliphatic carboxylic acids is 1. The molecule has 1 unspecified atom stereocenters. The van der Waals surface area contributed by atoms with Crippen LogP contribution in [0, 0.1) is 0 Å². The van der Waals surface area contributed by atoms with Crippen LogP contribution in [-0.2, 0) is 19.2 Å². The van der Waals surface area contributed by atoms with Crippen LogP contribution < -0.4 is 29.5 Å². The first kappa shape index (κ1) is 22.2. The summed E-state index contributed by atoms with van der Waals surface area (Å²) >= 11 is 0. The third-order valence-corrected chi connectivity index (χ3v) is 4.84. The predicted molar refractivity (Wildman–Crippen MR) is 88.8 cm³/mol. The number of hydroxylamine groups is 2. The van der Waals surface area contributed by atoms with Gasteiger partial charge in [-0.2, -0.15) is 5.06 Å². The summed E-state index contributed by atoms with van der Waals surface area (Å²) in [6.07, 6.45) is 0.716. The molecule has 2 saturated heterocycles. The van der Waals surface area contributed by atoms with Crippen molar-refractivity contribution in [1.29, 1.82) is 0 Å². The summed E-state index contributed by atoms with van der Waals surface area (Å²) in [6, 6.07) is -2.27. The Morgan fingerprint density at radius 3 is 2.82 bits per heavy atom. The van der Waals surface area contributed by atoms with E-state index in [2.05, 4.69) is 15.5 Å². The van der Waals surface area contributed by atoms with Crippen molar-refractivity contribution in [2.45, 2.75) is 50.7 Å². The van der Waals surface area contributed by atoms with Crippen molar-refractivity contribution >= 4 is 23.8 Å². The van der Waals surface area contributed by atoms with Crippen molar-refractivity contribution in [3.05, 3.63) is 11.6 Å². The number of alkyl halides is 1. The minimum Gasteiger partial charge on any atom is -1.00 e. The summed E-state index contributed by atoms with van der Waals surface area (Å²) in [4.78, 5) is 52.6. The fourth-order valence-electron chi connectivity index (χ4n) is 3.58. The van der Waals surface area contributed by atoms with E-state index in [-0.39, 0.29) is 38.8 Å². The van der Waals surface area contributed by atoms with Crippen LogP contribution in [-0.4, -0.2) is 76.5 Å². The summed E-state index contributed by atoms with van der Waals surface area (Å²) in [7, 11) is 0. The monoisotopic (exact) mass is 392 g/mol. The summed E-state index contributed by atoms with van der Waals surface area (Å²) in [5.74, 6) is -2.23. The van der Waals surface area contributed by atoms with Crippen LogP contribution >= 0.6 is 0 Å². The molecule has 3 rings (SSSR count). The average molecular weight is 392 g/mol. The van der Waals surface area contributed by atoms with Crippen molar-refractivity contribution < 1.29 is 53.8 Å². The summed E-state index contributed by atoms with van der Waals surface area (Å²) in [6.45, 7) is 2.10. The predicted octanol–water partition coefficient (Wildman–Crippen LogP) is -3.37. The molecule has 0 aliphatic carbocycles. The van der Waals surface area contributed by atoms with E-state index in [1.54, 1.807) is 13.0 Å². The quantitative estimate of drug-likeness (QED) is 0.307. The Balaban J connectivity index is 0.00000210. The van der Waals surface area contributed by atoms with Crippen molar-refractivity contribution in [2.24, 2.45) is 0 Å². The number of carboxylic acid groups (broad SMARTS) is 1. The van der Waals surface area contributed by atoms with Gasteiger partial charge in [0.2, 0.25) is 11.8 Å². The van der Waals surface area contributed by atoms with Gasteiger partial charge in [0.1, 0.15) is 6.04 Å². The van der Waals surface area contributed by atoms with E-state index in [0.717, 1.165) is 6.42 Å². The molecule has 28 heavy (non-hydrogen) atoms. The number of hydrogen-bond acceptors (Lipinski definition) is 5. The molecular formula is C16H22FLiN4O6. The molecule has 2 fully saturated rings. The zero-order valence-corrected chi connectivity index (χ0v) is 15.7. The standard InChI is InChI=1S/C16H21FN4O6.Li.H/c1-8-6-10-7-20(16(26)21(10)27-13(17)15(24)25)12(8)14(23)18-5-4-9-2-3-11(22)19-9;;/h6,9-10,12-13H,2-5,7H2,1H3,(H,18,23)(H,19,22)(H,24,25);;/q;+1;-1/t9?,10-,12+,13-;;/m1../s1. The maximum Gasteiger partial charge on any atom is 1.00 e. The van der Waals surface area contributed by atoms with Gasteiger partial charge in [-0.15, -0.1) is 0 Å². The number of nitrogens with one attached hydrogen (secondary N) is 2. The first-order valence-electron chi connectivity index (χ1n) is 8.66. The number of halogens is 1. The Kier molecular flexibility index (Phi) is 7.09. The normalized spacial score (nSPS) is 27.1. The third kappa shape index (κ3) is 4.48. The van der Waals surface area contributed by atoms with Gasteiger partial charge in [-0.25, -0.2) is 18.8 Å². The van der Waals surface area contributed by atoms with Gasteiger partial charge in [-0.1, -0.05) is 6.08 Å². The maximum atomic E-state index is 13.3. The van der Waals surface area contributed by atoms with E-state index in [4.69, 9.17) is 5.11 Å². The first-order chi connectivity index (χ1) is 12.8. The number of nitrogens with zero attached hydrogens (tertiary/aromatic N) is 2. The molecular weight excluding hydrogens is 370 g/mol. The van der Waals surface area contributed by atoms with Crippen molar-refractivity contribution in [3.63, 3.8) is 0 Å². The zero-order valence-electron chi connectivity index (χ0n) is 16.7. The molecule has 3 N–H and O–H groups in total. The van der Waals surface area contributed by atoms with Crippen molar-refractivity contribution in [1.82, 2.24) is 20.6 Å². The zero-order chi connectivity index (χ0) is 19.7. The molecule has 0 spiro atoms. The van der Waals surface area contributed by atoms with Gasteiger partial charge < -0.3 is 22.1 Å². The van der Waals surface area contributed by atoms with E-state index in [1.165, 1.54) is 4.90 Å². The fourth-order valence-corrected chi connectivity index (χ4v) is 3.58. The van der Waals surface area contributed by atoms with Crippen LogP contribution in [0.3, 0.4) is 0 Å². The molecule has 4 atom stereocenters. The van der Waals surface area contributed by atoms with Gasteiger partial charge in [-0.05, 0) is 25.3 Å². The molecule has 0 aromatic carbocycles. The van der Waals surface area contributed by atoms with E-state index in [9.17, 15) is 23.6 Å². The van der Waals surface area contributed by atoms with Crippen LogP contribution in [0.5, 0.6) is 0 Å². The number of amides is 4. The van der Waals surface area contributed by atoms with Gasteiger partial charge in [-0.3, -0.25) is 9.59 Å². The van der Waals surface area contributed by atoms with Crippen LogP contribution in [0.4, 0.5) is 9.18 Å². The van der Waals surface area contributed by atoms with E-state index in [0.29, 0.717) is 30.0 Å². The third-order valence-electron chi connectivity index (χ3n) is 4.84. The molecule has 3 heterocycles. The summed E-state index contributed by atoms with van der Waals surface area (Å²) in [5.41, 5.74) is 0.586. The fraction of sp³-hybridized carbons (Fsp3) is 0.625. The second kappa shape index (κ2) is 8.94. The maximum absolute atomic E-state index is 13.3. The summed E-state index contributed by atoms with van der Waals surface area (Å²) < 4.78 is 13.3. The van der Waals surface area contributed by atoms with Crippen molar-refractivity contribution in [2.75, 3.05) is 13.1 Å². The SMILES string of the molecule is CC1=C[C@@H]2CN(C(=O)N2O[C@@H](F)C(=O)O)[C@@H]1C(=O)NCCC1CCC(=O)N1.[H-].[Li+]. The van der Waals surface area contributed by atoms with Crippen LogP contribution in [0.15, 0.2) is 11.6 Å². The molecule has 0 aromatic rings. The van der Waals surface area contributed by atoms with Crippen LogP contribution in [0.1, 0.15) is 27.6 Å². The van der Waals surface area contributed by atoms with E-state index >= 15 is 0 Å². The molecule has 2 bridgehead atoms. The van der Waals surface area contributed by atoms with E-state index < -0.39 is 36.3 Å². The number of urea groups is 1. The Morgan fingerprint density at radius 2 is 2.21 bits per heavy atom. The number of fused-ring (bicyclic) bond motifs is 2. The van der Waals surface area contributed by atoms with Gasteiger partial charge in [0.05, 0.1) is 12.6 Å². The Labute approximate surface area is 174 Å². The Hall–Kier alpha value is -2.09. The number of rotatable bonds is 7. The smallest absolute Gasteiger partial charge is 1.00 e. The average Bonchev–Trinajstić information content (AvgIpc) is 3.11. The van der Waals surface area contributed by atoms with E-state index in [1.807, 2.05) is 0 Å². The number of carboxylic acids is 1. The Bertz CT molecular complexity index is 711. The molecule has 150 valence electrons. The Morgan fingerprint density at radius 1 is 1.50 bits per heavy atom. The minimum atomic E-state index is -2.67. The van der Waals surface area contributed by atoms with Gasteiger partial charge in [0.25, 0.3) is 0 Å². The van der Waals surface area contributed by atoms with Gasteiger partial charge >= 0.3 is 37.2 Å². The largest absolute Gasteiger partial charge is 1.00 e. The van der Waals surface area contributed by atoms with Crippen LogP contribution in [0.2, 0.25) is 0 Å². The number of hydrogen-bond donors (Lipinski definition) is 3. The number of carbonyl (C=O) groups excluding carboxylic acids is 3. The minimum absolute atomic E-state index is 0. The van der Waals surface area contributed by atoms with Gasteiger partial charge in [0.15, 0.2) is 0 Å². The molecule has 0 aromatic heterocycles. The molecule has 10 nitrogen and oxygen atoms in total. The first-order valence-corrected chi connectivity index (χ1v) is 8.66. The molecule has 0 radical (unpaired) electrons. The van der Waals surface area contributed by atoms with Crippen LogP contribution in [0.25, 0.3) is 0 Å². The van der Waals surface area contributed by atoms with Gasteiger partial charge in [0, 0.05) is 19.0 Å². The summed E-state index contributed by atoms with van der Waals surface area (Å²) in [5, 5.41) is 14.8. The van der Waals surface area contributed by atoms with Crippen molar-refractivity contribution in [3.8, 4) is 0 Å². The molecule has 3 aliphatic heterocycles. The second-order valence-electron chi connectivity index (χ2n) is 6.78. The molecule has 3 aliphatic rings. The second-order valence-corrected chi connectivity index (χ2v) is 6.78. The number of carbonyl (C=O) groups is 4. The molecule has 4 amide bonds. The topological polar surface area (TPSA) is 128 Å². The molecule has 0 saturated carbocycles.